The van der Waals surface area contributed by atoms with Crippen molar-refractivity contribution in [2.45, 2.75) is 6.92 Å². The first-order valence-electron chi connectivity index (χ1n) is 6.06. The van der Waals surface area contributed by atoms with E-state index in [1.54, 1.807) is 0 Å². The number of likely N-dealkylation sites (tertiary alicyclic amines) is 1. The van der Waals surface area contributed by atoms with Gasteiger partial charge in [0.15, 0.2) is 0 Å². The van der Waals surface area contributed by atoms with Gasteiger partial charge in [-0.2, -0.15) is 0 Å². The number of ether oxygens (including phenoxy) is 2. The van der Waals surface area contributed by atoms with Gasteiger partial charge in [0.25, 0.3) is 0 Å². The van der Waals surface area contributed by atoms with Crippen LogP contribution < -0.4 is 0 Å². The highest BCUT2D eigenvalue weighted by molar-refractivity contribution is 5.81. The van der Waals surface area contributed by atoms with Crippen molar-refractivity contribution < 1.29 is 23.6 Å². The SMILES string of the molecule is COC(=O)C1CN(C(C)=[N+]2CC(C(=O)OC)C2)C1. The third-order valence-electron chi connectivity index (χ3n) is 3.75. The van der Waals surface area contributed by atoms with Crippen LogP contribution >= 0.6 is 0 Å². The number of methoxy groups -OCH3 is 2. The molecule has 0 atom stereocenters. The van der Waals surface area contributed by atoms with Gasteiger partial charge in [0, 0.05) is 6.92 Å². The van der Waals surface area contributed by atoms with Gasteiger partial charge < -0.3 is 9.47 Å². The highest BCUT2D eigenvalue weighted by atomic mass is 16.5. The molecule has 2 aliphatic rings. The molecule has 0 radical (unpaired) electrons. The van der Waals surface area contributed by atoms with Gasteiger partial charge in [-0.05, 0) is 0 Å². The first kappa shape index (κ1) is 12.9. The van der Waals surface area contributed by atoms with Crippen LogP contribution in [0.4, 0.5) is 0 Å². The second-order valence-electron chi connectivity index (χ2n) is 4.80. The van der Waals surface area contributed by atoms with Crippen LogP contribution in [0.5, 0.6) is 0 Å². The monoisotopic (exact) mass is 255 g/mol. The summed E-state index contributed by atoms with van der Waals surface area (Å²) in [5, 5.41) is 0. The Labute approximate surface area is 106 Å². The maximum absolute atomic E-state index is 11.3. The Kier molecular flexibility index (Phi) is 3.54. The Balaban J connectivity index is 1.83. The first-order chi connectivity index (χ1) is 8.56. The normalized spacial score (nSPS) is 22.9. The molecule has 2 saturated heterocycles. The predicted octanol–water partition coefficient (Wildman–Crippen LogP) is -0.675. The van der Waals surface area contributed by atoms with E-state index < -0.39 is 0 Å². The van der Waals surface area contributed by atoms with E-state index in [4.69, 9.17) is 9.47 Å². The molecule has 6 nitrogen and oxygen atoms in total. The van der Waals surface area contributed by atoms with Gasteiger partial charge in [0.05, 0.1) is 14.2 Å². The van der Waals surface area contributed by atoms with E-state index >= 15 is 0 Å². The van der Waals surface area contributed by atoms with Crippen molar-refractivity contribution in [1.29, 1.82) is 0 Å². The van der Waals surface area contributed by atoms with Crippen molar-refractivity contribution in [2.75, 3.05) is 40.4 Å². The minimum atomic E-state index is -0.143. The molecule has 2 aliphatic heterocycles. The fraction of sp³-hybridized carbons (Fsp3) is 0.750. The summed E-state index contributed by atoms with van der Waals surface area (Å²) in [6.07, 6.45) is 0. The molecule has 18 heavy (non-hydrogen) atoms. The number of nitrogens with zero attached hydrogens (tertiary/aromatic N) is 2. The Morgan fingerprint density at radius 2 is 1.56 bits per heavy atom. The molecule has 0 spiro atoms. The zero-order valence-electron chi connectivity index (χ0n) is 11.0. The molecule has 0 aromatic heterocycles. The van der Waals surface area contributed by atoms with Crippen LogP contribution in [0.25, 0.3) is 0 Å². The van der Waals surface area contributed by atoms with Gasteiger partial charge in [-0.3, -0.25) is 19.1 Å². The molecule has 0 amide bonds. The molecule has 2 rings (SSSR count). The average Bonchev–Trinajstić information content (AvgIpc) is 2.24. The van der Waals surface area contributed by atoms with Gasteiger partial charge in [-0.1, -0.05) is 0 Å². The Hall–Kier alpha value is -1.59. The van der Waals surface area contributed by atoms with Crippen molar-refractivity contribution in [1.82, 2.24) is 4.90 Å². The van der Waals surface area contributed by atoms with Crippen molar-refractivity contribution in [3.63, 3.8) is 0 Å². The molecule has 2 heterocycles. The fourth-order valence-electron chi connectivity index (χ4n) is 2.32. The molecule has 0 aromatic rings. The van der Waals surface area contributed by atoms with E-state index in [0.29, 0.717) is 26.2 Å². The third kappa shape index (κ3) is 2.19. The van der Waals surface area contributed by atoms with E-state index in [0.717, 1.165) is 5.84 Å². The van der Waals surface area contributed by atoms with Gasteiger partial charge >= 0.3 is 11.9 Å². The lowest BCUT2D eigenvalue weighted by atomic mass is 9.99. The largest absolute Gasteiger partial charge is 0.469 e. The smallest absolute Gasteiger partial charge is 0.316 e. The first-order valence-corrected chi connectivity index (χ1v) is 6.06. The van der Waals surface area contributed by atoms with E-state index in [1.165, 1.54) is 14.2 Å². The molecule has 0 aliphatic carbocycles. The lowest BCUT2D eigenvalue weighted by Gasteiger charge is -2.36. The van der Waals surface area contributed by atoms with Gasteiger partial charge in [-0.15, -0.1) is 0 Å². The molecular formula is C12H19N2O4+. The molecule has 0 aromatic carbocycles. The summed E-state index contributed by atoms with van der Waals surface area (Å²) in [6.45, 7) is 4.84. The number of hydrogen-bond donors (Lipinski definition) is 0. The highest BCUT2D eigenvalue weighted by Gasteiger charge is 2.43. The lowest BCUT2D eigenvalue weighted by Crippen LogP contribution is -2.58. The van der Waals surface area contributed by atoms with Crippen LogP contribution in [0.1, 0.15) is 6.92 Å². The van der Waals surface area contributed by atoms with Crippen molar-refractivity contribution in [3.05, 3.63) is 0 Å². The second kappa shape index (κ2) is 4.96. The molecule has 0 bridgehead atoms. The molecule has 6 heteroatoms. The summed E-state index contributed by atoms with van der Waals surface area (Å²) in [5.74, 6) is 0.811. The maximum Gasteiger partial charge on any atom is 0.316 e. The summed E-state index contributed by atoms with van der Waals surface area (Å²) in [4.78, 5) is 24.7. The minimum absolute atomic E-state index is 0.0115. The molecule has 100 valence electrons. The van der Waals surface area contributed by atoms with E-state index in [-0.39, 0.29) is 23.8 Å². The van der Waals surface area contributed by atoms with Crippen LogP contribution in [0.2, 0.25) is 0 Å². The minimum Gasteiger partial charge on any atom is -0.469 e. The van der Waals surface area contributed by atoms with Gasteiger partial charge in [0.1, 0.15) is 38.0 Å². The summed E-state index contributed by atoms with van der Waals surface area (Å²) in [7, 11) is 2.83. The van der Waals surface area contributed by atoms with Crippen LogP contribution in [0.3, 0.4) is 0 Å². The second-order valence-corrected chi connectivity index (χ2v) is 4.80. The zero-order valence-corrected chi connectivity index (χ0v) is 11.0. The van der Waals surface area contributed by atoms with Crippen LogP contribution in [0.15, 0.2) is 0 Å². The molecule has 0 saturated carbocycles. The van der Waals surface area contributed by atoms with E-state index in [9.17, 15) is 9.59 Å². The zero-order chi connectivity index (χ0) is 13.3. The Bertz CT molecular complexity index is 391. The number of carbonyl (C=O) groups is 2. The van der Waals surface area contributed by atoms with E-state index in [1.807, 2.05) is 6.92 Å². The van der Waals surface area contributed by atoms with Crippen LogP contribution in [0, 0.1) is 11.8 Å². The molecule has 0 N–H and O–H groups in total. The summed E-state index contributed by atoms with van der Waals surface area (Å²) < 4.78 is 11.5. The standard InChI is InChI=1S/C12H19N2O4/c1-8(13-4-9(5-13)11(15)17-2)14-6-10(7-14)12(16)18-3/h9-10H,4-7H2,1-3H3/q+1. The molecule has 2 fully saturated rings. The Morgan fingerprint density at radius 1 is 1.06 bits per heavy atom. The average molecular weight is 255 g/mol. The quantitative estimate of drug-likeness (QED) is 0.372. The van der Waals surface area contributed by atoms with Crippen LogP contribution in [-0.4, -0.2) is 67.6 Å². The summed E-state index contributed by atoms with van der Waals surface area (Å²) in [6, 6.07) is 0. The maximum atomic E-state index is 11.3. The van der Waals surface area contributed by atoms with E-state index in [2.05, 4.69) is 9.48 Å². The molecule has 0 unspecified atom stereocenters. The predicted molar refractivity (Wildman–Crippen MR) is 63.3 cm³/mol. The Morgan fingerprint density at radius 3 is 2.06 bits per heavy atom. The number of hydrogen-bond acceptors (Lipinski definition) is 4. The number of esters is 2. The van der Waals surface area contributed by atoms with Gasteiger partial charge in [0.2, 0.25) is 5.84 Å². The topological polar surface area (TPSA) is 58.8 Å². The number of carbonyl (C=O) groups excluding carboxylic acids is 2. The molecular weight excluding hydrogens is 236 g/mol. The summed E-state index contributed by atoms with van der Waals surface area (Å²) in [5.41, 5.74) is 0. The van der Waals surface area contributed by atoms with Gasteiger partial charge in [-0.25, -0.2) is 0 Å². The van der Waals surface area contributed by atoms with Crippen molar-refractivity contribution in [3.8, 4) is 0 Å². The van der Waals surface area contributed by atoms with Crippen molar-refractivity contribution in [2.24, 2.45) is 11.8 Å². The van der Waals surface area contributed by atoms with Crippen LogP contribution in [-0.2, 0) is 19.1 Å². The highest BCUT2D eigenvalue weighted by Crippen LogP contribution is 2.20. The summed E-state index contributed by atoms with van der Waals surface area (Å²) >= 11 is 0. The fourth-order valence-corrected chi connectivity index (χ4v) is 2.32. The third-order valence-corrected chi connectivity index (χ3v) is 3.75. The number of rotatable bonds is 2. The van der Waals surface area contributed by atoms with Crippen molar-refractivity contribution >= 4 is 17.8 Å². The lowest BCUT2D eigenvalue weighted by molar-refractivity contribution is -0.603. The number of amidine groups is 1.